The second-order valence-corrected chi connectivity index (χ2v) is 7.19. The molecule has 0 aliphatic carbocycles. The number of carbonyl (C=O) groups excluding carboxylic acids is 2. The monoisotopic (exact) mass is 450 g/mol. The molecule has 7 nitrogen and oxygen atoms in total. The van der Waals surface area contributed by atoms with Crippen LogP contribution in [-0.2, 0) is 15.7 Å². The first-order chi connectivity index (χ1) is 14.2. The number of carbonyl (C=O) groups is 2. The minimum absolute atomic E-state index is 0.0216. The molecule has 0 saturated carbocycles. The summed E-state index contributed by atoms with van der Waals surface area (Å²) in [5.74, 6) is -0.431. The average molecular weight is 451 g/mol. The average Bonchev–Trinajstić information content (AvgIpc) is 2.69. The topological polar surface area (TPSA) is 73.9 Å². The minimum Gasteiger partial charge on any atom is -0.382 e. The summed E-state index contributed by atoms with van der Waals surface area (Å²) < 4.78 is 44.0. The number of halogens is 4. The lowest BCUT2D eigenvalue weighted by Gasteiger charge is -2.34. The molecule has 30 heavy (non-hydrogen) atoms. The van der Waals surface area contributed by atoms with Crippen LogP contribution in [0.5, 0.6) is 0 Å². The number of anilines is 1. The number of urea groups is 1. The van der Waals surface area contributed by atoms with Gasteiger partial charge in [0.25, 0.3) is 0 Å². The highest BCUT2D eigenvalue weighted by molar-refractivity contribution is 6.31. The van der Waals surface area contributed by atoms with Crippen LogP contribution in [0.15, 0.2) is 18.2 Å². The van der Waals surface area contributed by atoms with Gasteiger partial charge >= 0.3 is 12.2 Å². The van der Waals surface area contributed by atoms with Crippen molar-refractivity contribution in [3.8, 4) is 0 Å². The highest BCUT2D eigenvalue weighted by Gasteiger charge is 2.33. The van der Waals surface area contributed by atoms with Gasteiger partial charge < -0.3 is 20.3 Å². The largest absolute Gasteiger partial charge is 0.417 e. The summed E-state index contributed by atoms with van der Waals surface area (Å²) in [6.07, 6.45) is -3.86. The second-order valence-electron chi connectivity index (χ2n) is 6.79. The molecule has 11 heteroatoms. The molecule has 1 heterocycles. The first-order valence-corrected chi connectivity index (χ1v) is 10.1. The summed E-state index contributed by atoms with van der Waals surface area (Å²) in [6, 6.07) is 3.08. The Kier molecular flexibility index (Phi) is 9.19. The number of benzene rings is 1. The number of amides is 3. The Morgan fingerprint density at radius 2 is 1.90 bits per heavy atom. The maximum atomic E-state index is 12.9. The summed E-state index contributed by atoms with van der Waals surface area (Å²) in [4.78, 5) is 27.8. The van der Waals surface area contributed by atoms with Crippen LogP contribution in [0.1, 0.15) is 18.9 Å². The molecule has 0 bridgehead atoms. The highest BCUT2D eigenvalue weighted by Crippen LogP contribution is 2.36. The molecule has 0 atom stereocenters. The van der Waals surface area contributed by atoms with E-state index in [4.69, 9.17) is 16.3 Å². The van der Waals surface area contributed by atoms with E-state index in [0.29, 0.717) is 45.9 Å². The fourth-order valence-corrected chi connectivity index (χ4v) is 3.18. The Hall–Kier alpha value is -2.04. The van der Waals surface area contributed by atoms with Gasteiger partial charge in [-0.1, -0.05) is 11.6 Å². The van der Waals surface area contributed by atoms with E-state index in [0.717, 1.165) is 18.6 Å². The zero-order valence-corrected chi connectivity index (χ0v) is 17.5. The number of nitrogens with zero attached hydrogens (tertiary/aromatic N) is 2. The van der Waals surface area contributed by atoms with Gasteiger partial charge in [-0.3, -0.25) is 9.69 Å². The van der Waals surface area contributed by atoms with Crippen LogP contribution in [0.25, 0.3) is 0 Å². The van der Waals surface area contributed by atoms with E-state index in [-0.39, 0.29) is 18.3 Å². The normalized spacial score (nSPS) is 15.2. The van der Waals surface area contributed by atoms with Crippen molar-refractivity contribution in [1.29, 1.82) is 0 Å². The molecule has 3 amide bonds. The van der Waals surface area contributed by atoms with E-state index in [2.05, 4.69) is 10.6 Å². The molecule has 1 saturated heterocycles. The lowest BCUT2D eigenvalue weighted by molar-refractivity contribution is -0.137. The number of ether oxygens (including phenoxy) is 1. The maximum absolute atomic E-state index is 12.9. The Labute approximate surface area is 178 Å². The lowest BCUT2D eigenvalue weighted by Crippen LogP contribution is -2.53. The number of alkyl halides is 3. The molecule has 1 aromatic carbocycles. The van der Waals surface area contributed by atoms with Crippen LogP contribution in [-0.4, -0.2) is 74.2 Å². The third kappa shape index (κ3) is 7.66. The molecule has 1 aliphatic rings. The first-order valence-electron chi connectivity index (χ1n) is 9.70. The molecule has 0 aromatic heterocycles. The Balaban J connectivity index is 1.75. The summed E-state index contributed by atoms with van der Waals surface area (Å²) in [5, 5.41) is 4.87. The van der Waals surface area contributed by atoms with Crippen LogP contribution in [0.4, 0.5) is 23.7 Å². The molecule has 168 valence electrons. The van der Waals surface area contributed by atoms with Crippen LogP contribution < -0.4 is 10.6 Å². The van der Waals surface area contributed by atoms with Gasteiger partial charge in [0.2, 0.25) is 5.91 Å². The molecule has 0 unspecified atom stereocenters. The number of nitrogens with one attached hydrogen (secondary N) is 2. The number of hydrogen-bond donors (Lipinski definition) is 2. The van der Waals surface area contributed by atoms with E-state index in [1.807, 2.05) is 11.8 Å². The quantitative estimate of drug-likeness (QED) is 0.597. The molecular formula is C19H26ClF3N4O3. The summed E-state index contributed by atoms with van der Waals surface area (Å²) in [6.45, 7) is 5.61. The van der Waals surface area contributed by atoms with Gasteiger partial charge in [0.05, 0.1) is 17.1 Å². The Morgan fingerprint density at radius 3 is 2.53 bits per heavy atom. The molecule has 2 N–H and O–H groups in total. The van der Waals surface area contributed by atoms with Gasteiger partial charge in [0.15, 0.2) is 0 Å². The predicted molar refractivity (Wildman–Crippen MR) is 108 cm³/mol. The minimum atomic E-state index is -4.60. The van der Waals surface area contributed by atoms with Crippen LogP contribution in [0, 0.1) is 0 Å². The van der Waals surface area contributed by atoms with Crippen LogP contribution in [0.3, 0.4) is 0 Å². The van der Waals surface area contributed by atoms with Gasteiger partial charge in [-0.05, 0) is 31.5 Å². The molecule has 1 aromatic rings. The summed E-state index contributed by atoms with van der Waals surface area (Å²) >= 11 is 5.58. The SMILES string of the molecule is CCOCCCNC(=O)N1CCN(CC(=O)Nc2ccc(Cl)c(C(F)(F)F)c2)CC1. The van der Waals surface area contributed by atoms with E-state index >= 15 is 0 Å². The molecule has 1 aliphatic heterocycles. The van der Waals surface area contributed by atoms with Gasteiger partial charge in [-0.25, -0.2) is 4.79 Å². The molecule has 0 radical (unpaired) electrons. The fourth-order valence-electron chi connectivity index (χ4n) is 2.96. The zero-order valence-electron chi connectivity index (χ0n) is 16.7. The van der Waals surface area contributed by atoms with Gasteiger partial charge in [0.1, 0.15) is 0 Å². The molecule has 2 rings (SSSR count). The van der Waals surface area contributed by atoms with Crippen molar-refractivity contribution in [3.63, 3.8) is 0 Å². The molecular weight excluding hydrogens is 425 g/mol. The van der Waals surface area contributed by atoms with Gasteiger partial charge in [-0.15, -0.1) is 0 Å². The number of hydrogen-bond acceptors (Lipinski definition) is 4. The third-order valence-corrected chi connectivity index (χ3v) is 4.86. The van der Waals surface area contributed by atoms with Crippen molar-refractivity contribution in [2.75, 3.05) is 57.8 Å². The maximum Gasteiger partial charge on any atom is 0.417 e. The number of rotatable bonds is 8. The zero-order chi connectivity index (χ0) is 22.1. The highest BCUT2D eigenvalue weighted by atomic mass is 35.5. The van der Waals surface area contributed by atoms with E-state index in [1.54, 1.807) is 4.90 Å². The van der Waals surface area contributed by atoms with Crippen molar-refractivity contribution in [2.24, 2.45) is 0 Å². The smallest absolute Gasteiger partial charge is 0.382 e. The first kappa shape index (κ1) is 24.2. The van der Waals surface area contributed by atoms with E-state index < -0.39 is 22.7 Å². The van der Waals surface area contributed by atoms with Gasteiger partial charge in [0, 0.05) is 51.6 Å². The van der Waals surface area contributed by atoms with Crippen LogP contribution >= 0.6 is 11.6 Å². The van der Waals surface area contributed by atoms with Gasteiger partial charge in [-0.2, -0.15) is 13.2 Å². The molecule has 1 fully saturated rings. The third-order valence-electron chi connectivity index (χ3n) is 4.53. The summed E-state index contributed by atoms with van der Waals surface area (Å²) in [5.41, 5.74) is -0.968. The van der Waals surface area contributed by atoms with Crippen molar-refractivity contribution in [2.45, 2.75) is 19.5 Å². The van der Waals surface area contributed by atoms with Crippen molar-refractivity contribution < 1.29 is 27.5 Å². The molecule has 0 spiro atoms. The Morgan fingerprint density at radius 1 is 1.20 bits per heavy atom. The predicted octanol–water partition coefficient (Wildman–Crippen LogP) is 3.05. The lowest BCUT2D eigenvalue weighted by atomic mass is 10.2. The van der Waals surface area contributed by atoms with Crippen molar-refractivity contribution in [1.82, 2.24) is 15.1 Å². The Bertz CT molecular complexity index is 725. The van der Waals surface area contributed by atoms with Crippen molar-refractivity contribution >= 4 is 29.2 Å². The second kappa shape index (κ2) is 11.4. The summed E-state index contributed by atoms with van der Waals surface area (Å²) in [7, 11) is 0. The van der Waals surface area contributed by atoms with Crippen LogP contribution in [0.2, 0.25) is 5.02 Å². The standard InChI is InChI=1S/C19H26ClF3N4O3/c1-2-30-11-3-6-24-18(29)27-9-7-26(8-10-27)13-17(28)25-14-4-5-16(20)15(12-14)19(21,22)23/h4-5,12H,2-3,6-11,13H2,1H3,(H,24,29)(H,25,28). The fraction of sp³-hybridized carbons (Fsp3) is 0.579. The van der Waals surface area contributed by atoms with E-state index in [9.17, 15) is 22.8 Å². The van der Waals surface area contributed by atoms with Crippen molar-refractivity contribution in [3.05, 3.63) is 28.8 Å². The number of piperazine rings is 1. The van der Waals surface area contributed by atoms with E-state index in [1.165, 1.54) is 6.07 Å².